The number of nitrogens with zero attached hydrogens (tertiary/aromatic N) is 4. The van der Waals surface area contributed by atoms with Crippen LogP contribution in [0.4, 0.5) is 10.5 Å². The molecule has 0 aliphatic heterocycles. The maximum atomic E-state index is 12.1. The summed E-state index contributed by atoms with van der Waals surface area (Å²) in [5.74, 6) is -0.438. The first-order valence-electron chi connectivity index (χ1n) is 8.42. The van der Waals surface area contributed by atoms with Crippen LogP contribution in [0.15, 0.2) is 42.5 Å². The fraction of sp³-hybridized carbons (Fsp3) is 0.211. The van der Waals surface area contributed by atoms with Gasteiger partial charge in [0, 0.05) is 11.6 Å². The lowest BCUT2D eigenvalue weighted by Gasteiger charge is -2.20. The highest BCUT2D eigenvalue weighted by Crippen LogP contribution is 2.36. The molecule has 0 aliphatic carbocycles. The largest absolute Gasteiger partial charge is 0.504 e. The van der Waals surface area contributed by atoms with Gasteiger partial charge in [0.25, 0.3) is 0 Å². The van der Waals surface area contributed by atoms with Gasteiger partial charge in [0.05, 0.1) is 11.3 Å². The van der Waals surface area contributed by atoms with Crippen molar-refractivity contribution >= 4 is 11.8 Å². The van der Waals surface area contributed by atoms with Crippen LogP contribution in [0.1, 0.15) is 20.8 Å². The van der Waals surface area contributed by atoms with E-state index in [1.54, 1.807) is 20.8 Å². The molecule has 0 unspecified atom stereocenters. The van der Waals surface area contributed by atoms with E-state index in [9.17, 15) is 15.0 Å². The standard InChI is InChI=1S/C19H19N5O4/c1-19(2,3)28-18(27)20-13-10-15(26)14(25)9-12(13)17-23-21-16(22-24-17)11-7-5-4-6-8-11/h4-10,25-26H,1-3H3,(H,20,27). The molecule has 0 saturated heterocycles. The van der Waals surface area contributed by atoms with Crippen molar-refractivity contribution in [2.45, 2.75) is 26.4 Å². The summed E-state index contributed by atoms with van der Waals surface area (Å²) in [5.41, 5.74) is 0.399. The first-order chi connectivity index (χ1) is 13.2. The first kappa shape index (κ1) is 19.0. The Morgan fingerprint density at radius 3 is 2.11 bits per heavy atom. The molecule has 2 aromatic carbocycles. The monoisotopic (exact) mass is 381 g/mol. The summed E-state index contributed by atoms with van der Waals surface area (Å²) in [6.07, 6.45) is -0.735. The number of carbonyl (C=O) groups is 1. The molecular weight excluding hydrogens is 362 g/mol. The van der Waals surface area contributed by atoms with Crippen LogP contribution in [0.5, 0.6) is 11.5 Å². The third-order valence-corrected chi connectivity index (χ3v) is 3.50. The van der Waals surface area contributed by atoms with Crippen LogP contribution < -0.4 is 5.32 Å². The van der Waals surface area contributed by atoms with Crippen LogP contribution in [0.25, 0.3) is 22.8 Å². The molecule has 0 fully saturated rings. The van der Waals surface area contributed by atoms with Gasteiger partial charge in [0.15, 0.2) is 11.5 Å². The van der Waals surface area contributed by atoms with E-state index in [2.05, 4.69) is 25.7 Å². The zero-order valence-corrected chi connectivity index (χ0v) is 15.5. The van der Waals surface area contributed by atoms with E-state index in [0.29, 0.717) is 5.82 Å². The molecule has 0 aliphatic rings. The van der Waals surface area contributed by atoms with Crippen molar-refractivity contribution in [1.82, 2.24) is 20.4 Å². The minimum atomic E-state index is -0.735. The Morgan fingerprint density at radius 1 is 0.929 bits per heavy atom. The second-order valence-electron chi connectivity index (χ2n) is 6.93. The lowest BCUT2D eigenvalue weighted by Crippen LogP contribution is -2.27. The highest BCUT2D eigenvalue weighted by molar-refractivity contribution is 5.91. The quantitative estimate of drug-likeness (QED) is 0.465. The summed E-state index contributed by atoms with van der Waals surface area (Å²) in [6, 6.07) is 11.6. The van der Waals surface area contributed by atoms with Gasteiger partial charge < -0.3 is 14.9 Å². The minimum Gasteiger partial charge on any atom is -0.504 e. The number of phenols is 2. The minimum absolute atomic E-state index is 0.0565. The van der Waals surface area contributed by atoms with E-state index in [1.807, 2.05) is 30.3 Å². The number of anilines is 1. The van der Waals surface area contributed by atoms with Gasteiger partial charge in [0.1, 0.15) is 5.60 Å². The third-order valence-electron chi connectivity index (χ3n) is 3.50. The predicted molar refractivity (Wildman–Crippen MR) is 102 cm³/mol. The first-order valence-corrected chi connectivity index (χ1v) is 8.42. The van der Waals surface area contributed by atoms with Crippen molar-refractivity contribution in [2.24, 2.45) is 0 Å². The smallest absolute Gasteiger partial charge is 0.412 e. The van der Waals surface area contributed by atoms with Crippen molar-refractivity contribution in [3.63, 3.8) is 0 Å². The predicted octanol–water partition coefficient (Wildman–Crippen LogP) is 3.36. The van der Waals surface area contributed by atoms with Gasteiger partial charge in [-0.1, -0.05) is 30.3 Å². The molecule has 144 valence electrons. The highest BCUT2D eigenvalue weighted by Gasteiger charge is 2.20. The Balaban J connectivity index is 1.94. The molecular formula is C19H19N5O4. The molecule has 1 amide bonds. The second kappa shape index (κ2) is 7.47. The molecule has 9 nitrogen and oxygen atoms in total. The van der Waals surface area contributed by atoms with Gasteiger partial charge in [-0.05, 0) is 26.8 Å². The normalized spacial score (nSPS) is 11.1. The van der Waals surface area contributed by atoms with E-state index in [0.717, 1.165) is 5.56 Å². The summed E-state index contributed by atoms with van der Waals surface area (Å²) in [5, 5.41) is 38.3. The maximum absolute atomic E-state index is 12.1. The number of hydrogen-bond acceptors (Lipinski definition) is 8. The number of rotatable bonds is 3. The Hall–Kier alpha value is -3.75. The number of hydrogen-bond donors (Lipinski definition) is 3. The van der Waals surface area contributed by atoms with Gasteiger partial charge >= 0.3 is 6.09 Å². The Labute approximate surface area is 161 Å². The molecule has 9 heteroatoms. The van der Waals surface area contributed by atoms with E-state index < -0.39 is 23.2 Å². The maximum Gasteiger partial charge on any atom is 0.412 e. The van der Waals surface area contributed by atoms with Crippen molar-refractivity contribution in [1.29, 1.82) is 0 Å². The Morgan fingerprint density at radius 2 is 1.50 bits per heavy atom. The topological polar surface area (TPSA) is 130 Å². The van der Waals surface area contributed by atoms with Crippen LogP contribution in [-0.4, -0.2) is 42.3 Å². The van der Waals surface area contributed by atoms with Crippen molar-refractivity contribution in [2.75, 3.05) is 5.32 Å². The SMILES string of the molecule is CC(C)(C)OC(=O)Nc1cc(O)c(O)cc1-c1nnc(-c2ccccc2)nn1. The summed E-state index contributed by atoms with van der Waals surface area (Å²) in [6.45, 7) is 5.17. The summed E-state index contributed by atoms with van der Waals surface area (Å²) >= 11 is 0. The molecule has 3 N–H and O–H groups in total. The van der Waals surface area contributed by atoms with Crippen LogP contribution in [0.3, 0.4) is 0 Å². The van der Waals surface area contributed by atoms with Crippen LogP contribution in [0.2, 0.25) is 0 Å². The van der Waals surface area contributed by atoms with Crippen LogP contribution in [0, 0.1) is 0 Å². The number of amides is 1. The van der Waals surface area contributed by atoms with Gasteiger partial charge in [0.2, 0.25) is 11.6 Å². The molecule has 0 bridgehead atoms. The number of nitrogens with one attached hydrogen (secondary N) is 1. The molecule has 1 aromatic heterocycles. The Bertz CT molecular complexity index is 986. The van der Waals surface area contributed by atoms with E-state index in [-0.39, 0.29) is 17.1 Å². The number of aromatic hydroxyl groups is 2. The number of carbonyl (C=O) groups excluding carboxylic acids is 1. The summed E-state index contributed by atoms with van der Waals surface area (Å²) < 4.78 is 5.21. The molecule has 0 atom stereocenters. The molecule has 3 aromatic rings. The number of ether oxygens (including phenoxy) is 1. The lowest BCUT2D eigenvalue weighted by atomic mass is 10.1. The number of benzene rings is 2. The van der Waals surface area contributed by atoms with E-state index in [1.165, 1.54) is 12.1 Å². The summed E-state index contributed by atoms with van der Waals surface area (Å²) in [4.78, 5) is 12.1. The molecule has 28 heavy (non-hydrogen) atoms. The van der Waals surface area contributed by atoms with Crippen LogP contribution >= 0.6 is 0 Å². The number of phenolic OH excluding ortho intramolecular Hbond substituents is 2. The van der Waals surface area contributed by atoms with Crippen molar-refractivity contribution in [3.05, 3.63) is 42.5 Å². The highest BCUT2D eigenvalue weighted by atomic mass is 16.6. The molecule has 0 saturated carbocycles. The third kappa shape index (κ3) is 4.50. The van der Waals surface area contributed by atoms with E-state index in [4.69, 9.17) is 4.74 Å². The van der Waals surface area contributed by atoms with Gasteiger partial charge in [-0.15, -0.1) is 20.4 Å². The van der Waals surface area contributed by atoms with Gasteiger partial charge in [-0.2, -0.15) is 0 Å². The van der Waals surface area contributed by atoms with Gasteiger partial charge in [-0.3, -0.25) is 5.32 Å². The van der Waals surface area contributed by atoms with Gasteiger partial charge in [-0.25, -0.2) is 4.79 Å². The fourth-order valence-corrected chi connectivity index (χ4v) is 2.32. The fourth-order valence-electron chi connectivity index (χ4n) is 2.32. The second-order valence-corrected chi connectivity index (χ2v) is 6.93. The molecule has 0 radical (unpaired) electrons. The lowest BCUT2D eigenvalue weighted by molar-refractivity contribution is 0.0636. The van der Waals surface area contributed by atoms with E-state index >= 15 is 0 Å². The van der Waals surface area contributed by atoms with Crippen molar-refractivity contribution < 1.29 is 19.7 Å². The van der Waals surface area contributed by atoms with Crippen molar-refractivity contribution in [3.8, 4) is 34.3 Å². The Kier molecular flexibility index (Phi) is 5.08. The molecule has 1 heterocycles. The summed E-state index contributed by atoms with van der Waals surface area (Å²) in [7, 11) is 0. The number of aromatic nitrogens is 4. The zero-order chi connectivity index (χ0) is 20.3. The average Bonchev–Trinajstić information content (AvgIpc) is 2.64. The average molecular weight is 381 g/mol. The van der Waals surface area contributed by atoms with Crippen LogP contribution in [-0.2, 0) is 4.74 Å². The zero-order valence-electron chi connectivity index (χ0n) is 15.5. The molecule has 3 rings (SSSR count). The molecule has 0 spiro atoms.